The molecule has 0 aliphatic carbocycles. The number of alkyl halides is 3. The normalized spacial score (nSPS) is 18.7. The van der Waals surface area contributed by atoms with Gasteiger partial charge in [0.1, 0.15) is 11.0 Å². The van der Waals surface area contributed by atoms with Crippen LogP contribution in [0.3, 0.4) is 0 Å². The van der Waals surface area contributed by atoms with Crippen molar-refractivity contribution in [3.8, 4) is 22.6 Å². The minimum absolute atomic E-state index is 0.416. The number of hydrogen-bond donors (Lipinski definition) is 0. The van der Waals surface area contributed by atoms with E-state index in [-0.39, 0.29) is 0 Å². The van der Waals surface area contributed by atoms with E-state index >= 15 is 0 Å². The zero-order valence-electron chi connectivity index (χ0n) is 25.8. The average Bonchev–Trinajstić information content (AvgIpc) is 3.43. The van der Waals surface area contributed by atoms with Crippen LogP contribution in [-0.2, 0) is 22.5 Å². The molecule has 2 aliphatic rings. The summed E-state index contributed by atoms with van der Waals surface area (Å²) in [4.78, 5) is 5.09. The summed E-state index contributed by atoms with van der Waals surface area (Å²) in [7, 11) is 0. The molecule has 1 saturated heterocycles. The molecule has 2 aliphatic heterocycles. The highest BCUT2D eigenvalue weighted by atomic mass is 35.5. The summed E-state index contributed by atoms with van der Waals surface area (Å²) in [6, 6.07) is 24.5. The van der Waals surface area contributed by atoms with Crippen LogP contribution in [0.2, 0.25) is 5.02 Å². The van der Waals surface area contributed by atoms with Gasteiger partial charge >= 0.3 is 6.18 Å². The Morgan fingerprint density at radius 2 is 1.53 bits per heavy atom. The maximum Gasteiger partial charge on any atom is 0.416 e. The molecule has 3 aromatic carbocycles. The van der Waals surface area contributed by atoms with Crippen LogP contribution < -0.4 is 5.30 Å². The predicted molar refractivity (Wildman–Crippen MR) is 185 cm³/mol. The Morgan fingerprint density at radius 3 is 2.21 bits per heavy atom. The summed E-state index contributed by atoms with van der Waals surface area (Å²) >= 11 is 12.9. The van der Waals surface area contributed by atoms with E-state index in [2.05, 4.69) is 4.67 Å². The van der Waals surface area contributed by atoms with Crippen LogP contribution >= 0.6 is 18.0 Å². The third kappa shape index (κ3) is 5.86. The first kappa shape index (κ1) is 31.9. The van der Waals surface area contributed by atoms with Gasteiger partial charge in [0, 0.05) is 46.3 Å². The maximum atomic E-state index is 13.7. The molecule has 12 heteroatoms. The average molecular weight is 694 g/mol. The van der Waals surface area contributed by atoms with Crippen molar-refractivity contribution >= 4 is 46.8 Å². The minimum Gasteiger partial charge on any atom is -0.431 e. The molecule has 47 heavy (non-hydrogen) atoms. The molecule has 7 rings (SSSR count). The number of halogens is 4. The number of nitrogens with zero attached hydrogens (tertiary/aromatic N) is 5. The Labute approximate surface area is 281 Å². The highest BCUT2D eigenvalue weighted by Gasteiger charge is 2.43. The van der Waals surface area contributed by atoms with Crippen LogP contribution in [0.1, 0.15) is 48.2 Å². The number of aromatic nitrogens is 3. The van der Waals surface area contributed by atoms with Crippen molar-refractivity contribution in [3.05, 3.63) is 112 Å². The van der Waals surface area contributed by atoms with Crippen LogP contribution in [0.15, 0.2) is 89.9 Å². The molecule has 0 bridgehead atoms. The summed E-state index contributed by atoms with van der Waals surface area (Å²) in [6.45, 7) is 5.35. The summed E-state index contributed by atoms with van der Waals surface area (Å²) in [5, 5.41) is 6.56. The molecule has 0 N–H and O–H groups in total. The van der Waals surface area contributed by atoms with E-state index in [0.717, 1.165) is 78.3 Å². The highest BCUT2D eigenvalue weighted by molar-refractivity contribution is 8.15. The molecule has 5 aromatic rings. The predicted octanol–water partition coefficient (Wildman–Crippen LogP) is 9.54. The van der Waals surface area contributed by atoms with Crippen molar-refractivity contribution in [1.82, 2.24) is 19.0 Å². The molecule has 1 atom stereocenters. The summed E-state index contributed by atoms with van der Waals surface area (Å²) < 4.78 is 54.0. The lowest BCUT2D eigenvalue weighted by atomic mass is 10.1. The van der Waals surface area contributed by atoms with E-state index in [4.69, 9.17) is 38.0 Å². The molecule has 1 fully saturated rings. The van der Waals surface area contributed by atoms with Crippen LogP contribution in [0.25, 0.3) is 22.6 Å². The molecular formula is C35H32ClF3N5OPS. The standard InChI is InChI=1S/C35H32ClF3N5OPS/c1-23-21-30(24(2)43(23)29-14-10-11-26(22-29)35(37,38)39)31-32-33(44(41-31)28-12-6-5-7-13-28)40-34(25-15-17-27(36)18-16-25)45-46(32,47)42-19-8-3-4-9-20-42/h5-7,10-18,21-22H,3-4,8-9,19-20H2,1-2H3. The van der Waals surface area contributed by atoms with E-state index in [9.17, 15) is 13.2 Å². The molecular weight excluding hydrogens is 662 g/mol. The van der Waals surface area contributed by atoms with Crippen molar-refractivity contribution in [3.63, 3.8) is 0 Å². The molecule has 2 aromatic heterocycles. The van der Waals surface area contributed by atoms with Gasteiger partial charge in [0.25, 0.3) is 0 Å². The molecule has 6 nitrogen and oxygen atoms in total. The Balaban J connectivity index is 1.49. The second-order valence-electron chi connectivity index (χ2n) is 11.8. The number of aryl methyl sites for hydroxylation is 1. The summed E-state index contributed by atoms with van der Waals surface area (Å²) in [5.41, 5.74) is 4.18. The topological polar surface area (TPSA) is 47.6 Å². The molecule has 0 spiro atoms. The van der Waals surface area contributed by atoms with Crippen LogP contribution in [0.5, 0.6) is 0 Å². The van der Waals surface area contributed by atoms with E-state index < -0.39 is 18.2 Å². The van der Waals surface area contributed by atoms with Crippen LogP contribution in [0.4, 0.5) is 19.0 Å². The van der Waals surface area contributed by atoms with Gasteiger partial charge in [-0.2, -0.15) is 23.3 Å². The molecule has 0 radical (unpaired) electrons. The van der Waals surface area contributed by atoms with Crippen LogP contribution in [0, 0.1) is 13.8 Å². The largest absolute Gasteiger partial charge is 0.431 e. The number of fused-ring (bicyclic) bond motifs is 1. The van der Waals surface area contributed by atoms with Gasteiger partial charge < -0.3 is 9.09 Å². The fraction of sp³-hybridized carbons (Fsp3) is 0.257. The lowest BCUT2D eigenvalue weighted by molar-refractivity contribution is -0.137. The second-order valence-corrected chi connectivity index (χ2v) is 16.0. The fourth-order valence-electron chi connectivity index (χ4n) is 6.42. The number of aliphatic imine (C=N–C) groups is 1. The lowest BCUT2D eigenvalue weighted by Crippen LogP contribution is -2.32. The summed E-state index contributed by atoms with van der Waals surface area (Å²) in [6.07, 6.45) is -3.24. The van der Waals surface area contributed by atoms with E-state index in [1.54, 1.807) is 18.2 Å². The van der Waals surface area contributed by atoms with E-state index in [1.807, 2.05) is 71.6 Å². The third-order valence-electron chi connectivity index (χ3n) is 8.70. The Hall–Kier alpha value is -3.69. The van der Waals surface area contributed by atoms with Crippen molar-refractivity contribution in [2.75, 3.05) is 13.1 Å². The first-order chi connectivity index (χ1) is 22.5. The van der Waals surface area contributed by atoms with Crippen molar-refractivity contribution in [2.45, 2.75) is 45.7 Å². The highest BCUT2D eigenvalue weighted by Crippen LogP contribution is 2.58. The molecule has 242 valence electrons. The first-order valence-corrected chi connectivity index (χ1v) is 18.6. The monoisotopic (exact) mass is 693 g/mol. The first-order valence-electron chi connectivity index (χ1n) is 15.5. The van der Waals surface area contributed by atoms with E-state index in [0.29, 0.717) is 28.1 Å². The van der Waals surface area contributed by atoms with Gasteiger partial charge in [-0.05, 0) is 99.2 Å². The number of benzene rings is 3. The van der Waals surface area contributed by atoms with E-state index in [1.165, 1.54) is 12.1 Å². The Morgan fingerprint density at radius 1 is 0.851 bits per heavy atom. The van der Waals surface area contributed by atoms with Crippen LogP contribution in [-0.4, -0.2) is 38.0 Å². The van der Waals surface area contributed by atoms with Gasteiger partial charge in [-0.15, -0.1) is 0 Å². The van der Waals surface area contributed by atoms with Gasteiger partial charge in [-0.3, -0.25) is 0 Å². The molecule has 1 unspecified atom stereocenters. The zero-order chi connectivity index (χ0) is 32.9. The smallest absolute Gasteiger partial charge is 0.416 e. The number of hydrogen-bond acceptors (Lipinski definition) is 4. The molecule has 0 amide bonds. The minimum atomic E-state index is -4.46. The van der Waals surface area contributed by atoms with Crippen molar-refractivity contribution < 1.29 is 17.7 Å². The Kier molecular flexibility index (Phi) is 8.41. The van der Waals surface area contributed by atoms with Gasteiger partial charge in [-0.1, -0.05) is 48.7 Å². The quantitative estimate of drug-likeness (QED) is 0.172. The molecule has 4 heterocycles. The zero-order valence-corrected chi connectivity index (χ0v) is 28.3. The lowest BCUT2D eigenvalue weighted by Gasteiger charge is -2.36. The molecule has 0 saturated carbocycles. The SMILES string of the molecule is Cc1cc(-c2nn(-c3ccccc3)c3c2P(=S)(N2CCCCCC2)OC(c2ccc(Cl)cc2)=N3)c(C)n1-c1cccc(C(F)(F)F)c1. The second kappa shape index (κ2) is 12.4. The van der Waals surface area contributed by atoms with Gasteiger partial charge in [0.15, 0.2) is 5.82 Å². The Bertz CT molecular complexity index is 2030. The van der Waals surface area contributed by atoms with Gasteiger partial charge in [0.2, 0.25) is 12.3 Å². The number of rotatable bonds is 5. The number of para-hydroxylation sites is 1. The van der Waals surface area contributed by atoms with Gasteiger partial charge in [0.05, 0.1) is 11.3 Å². The van der Waals surface area contributed by atoms with Crippen molar-refractivity contribution in [1.29, 1.82) is 0 Å². The van der Waals surface area contributed by atoms with Crippen molar-refractivity contribution in [2.24, 2.45) is 4.99 Å². The third-order valence-corrected chi connectivity index (χ3v) is 13.0. The fourth-order valence-corrected chi connectivity index (χ4v) is 10.3. The van der Waals surface area contributed by atoms with Gasteiger partial charge in [-0.25, -0.2) is 9.35 Å². The summed E-state index contributed by atoms with van der Waals surface area (Å²) in [5.74, 6) is 1.01. The maximum absolute atomic E-state index is 13.7.